The van der Waals surface area contributed by atoms with Gasteiger partial charge in [-0.1, -0.05) is 36.7 Å². The molecule has 0 spiro atoms. The summed E-state index contributed by atoms with van der Waals surface area (Å²) in [4.78, 5) is 4.62. The lowest BCUT2D eigenvalue weighted by Crippen LogP contribution is -2.25. The zero-order valence-electron chi connectivity index (χ0n) is 13.6. The molecule has 2 N–H and O–H groups in total. The van der Waals surface area contributed by atoms with Crippen LogP contribution < -0.4 is 5.73 Å². The Hall–Kier alpha value is -2.59. The zero-order valence-corrected chi connectivity index (χ0v) is 14.3. The van der Waals surface area contributed by atoms with Crippen LogP contribution in [0.5, 0.6) is 0 Å². The summed E-state index contributed by atoms with van der Waals surface area (Å²) in [6.07, 6.45) is 0.508. The molecule has 5 heteroatoms. The van der Waals surface area contributed by atoms with E-state index in [2.05, 4.69) is 4.99 Å². The monoisotopic (exact) mass is 339 g/mol. The molecule has 122 valence electrons. The van der Waals surface area contributed by atoms with Gasteiger partial charge >= 0.3 is 0 Å². The third-order valence-corrected chi connectivity index (χ3v) is 4.27. The first-order valence-electron chi connectivity index (χ1n) is 7.76. The molecule has 0 bridgehead atoms. The molecular weight excluding hydrogens is 322 g/mol. The van der Waals surface area contributed by atoms with Gasteiger partial charge in [0.2, 0.25) is 11.4 Å². The quantitative estimate of drug-likeness (QED) is 0.652. The zero-order chi connectivity index (χ0) is 17.3. The highest BCUT2D eigenvalue weighted by Crippen LogP contribution is 2.29. The van der Waals surface area contributed by atoms with E-state index < -0.39 is 0 Å². The van der Waals surface area contributed by atoms with E-state index in [0.717, 1.165) is 10.3 Å². The fourth-order valence-electron chi connectivity index (χ4n) is 2.80. The van der Waals surface area contributed by atoms with Crippen LogP contribution in [0.25, 0.3) is 0 Å². The SMILES string of the molecule is CCC1=C(N)C(C)=Nc2ccc(Cl)cc2C(c2ccccc2)=[N+]1[O-]. The van der Waals surface area contributed by atoms with E-state index in [9.17, 15) is 5.21 Å². The van der Waals surface area contributed by atoms with Crippen LogP contribution in [0.2, 0.25) is 5.02 Å². The van der Waals surface area contributed by atoms with E-state index in [-0.39, 0.29) is 0 Å². The first kappa shape index (κ1) is 16.3. The Morgan fingerprint density at radius 3 is 2.54 bits per heavy atom. The van der Waals surface area contributed by atoms with Crippen LogP contribution in [0.1, 0.15) is 31.4 Å². The maximum atomic E-state index is 13.2. The second-order valence-corrected chi connectivity index (χ2v) is 6.02. The predicted octanol–water partition coefficient (Wildman–Crippen LogP) is 4.37. The molecule has 0 saturated carbocycles. The first-order chi connectivity index (χ1) is 11.5. The minimum absolute atomic E-state index is 0.418. The Morgan fingerprint density at radius 2 is 1.88 bits per heavy atom. The van der Waals surface area contributed by atoms with Gasteiger partial charge in [0.15, 0.2) is 0 Å². The summed E-state index contributed by atoms with van der Waals surface area (Å²) in [7, 11) is 0. The summed E-state index contributed by atoms with van der Waals surface area (Å²) in [5.41, 5.74) is 10.4. The Labute approximate surface area is 146 Å². The summed E-state index contributed by atoms with van der Waals surface area (Å²) in [6.45, 7) is 3.72. The lowest BCUT2D eigenvalue weighted by atomic mass is 9.99. The van der Waals surface area contributed by atoms with Crippen molar-refractivity contribution in [3.8, 4) is 0 Å². The average molecular weight is 340 g/mol. The van der Waals surface area contributed by atoms with Crippen molar-refractivity contribution in [2.75, 3.05) is 0 Å². The number of nitrogens with two attached hydrogens (primary N) is 1. The van der Waals surface area contributed by atoms with E-state index in [1.807, 2.05) is 50.2 Å². The largest absolute Gasteiger partial charge is 0.618 e. The van der Waals surface area contributed by atoms with Crippen molar-refractivity contribution in [3.05, 3.63) is 81.3 Å². The first-order valence-corrected chi connectivity index (χ1v) is 8.14. The van der Waals surface area contributed by atoms with Crippen molar-refractivity contribution in [1.82, 2.24) is 0 Å². The van der Waals surface area contributed by atoms with Crippen LogP contribution in [0.15, 0.2) is 64.9 Å². The fraction of sp³-hybridized carbons (Fsp3) is 0.158. The maximum absolute atomic E-state index is 13.2. The van der Waals surface area contributed by atoms with Crippen molar-refractivity contribution < 1.29 is 4.74 Å². The standard InChI is InChI=1S/C19H18ClN3O/c1-3-17-18(21)12(2)22-16-10-9-14(20)11-15(16)19(23(17)24)13-7-5-4-6-8-13/h4-11H,3,21H2,1-2H3. The van der Waals surface area contributed by atoms with Crippen LogP contribution in [0.4, 0.5) is 5.69 Å². The molecule has 1 aliphatic rings. The maximum Gasteiger partial charge on any atom is 0.233 e. The van der Waals surface area contributed by atoms with Gasteiger partial charge in [0.05, 0.1) is 17.0 Å². The molecule has 0 unspecified atom stereocenters. The fourth-order valence-corrected chi connectivity index (χ4v) is 2.97. The van der Waals surface area contributed by atoms with Crippen molar-refractivity contribution >= 4 is 28.7 Å². The molecule has 0 radical (unpaired) electrons. The second-order valence-electron chi connectivity index (χ2n) is 5.58. The third kappa shape index (κ3) is 2.81. The Balaban J connectivity index is 2.42. The second kappa shape index (κ2) is 6.49. The normalized spacial score (nSPS) is 14.9. The highest BCUT2D eigenvalue weighted by atomic mass is 35.5. The summed E-state index contributed by atoms with van der Waals surface area (Å²) in [5.74, 6) is 0. The molecule has 0 aliphatic carbocycles. The van der Waals surface area contributed by atoms with Crippen molar-refractivity contribution in [2.45, 2.75) is 20.3 Å². The number of hydrogen-bond donors (Lipinski definition) is 1. The van der Waals surface area contributed by atoms with Crippen LogP contribution >= 0.6 is 11.6 Å². The van der Waals surface area contributed by atoms with E-state index >= 15 is 0 Å². The predicted molar refractivity (Wildman–Crippen MR) is 99.0 cm³/mol. The minimum atomic E-state index is 0.418. The average Bonchev–Trinajstić information content (AvgIpc) is 2.58. The number of fused-ring (bicyclic) bond motifs is 1. The summed E-state index contributed by atoms with van der Waals surface area (Å²) in [6, 6.07) is 14.8. The van der Waals surface area contributed by atoms with Gasteiger partial charge in [0, 0.05) is 17.0 Å². The molecule has 1 heterocycles. The number of allylic oxidation sites excluding steroid dienone is 2. The van der Waals surface area contributed by atoms with Crippen molar-refractivity contribution in [1.29, 1.82) is 0 Å². The Bertz CT molecular complexity index is 883. The molecular formula is C19H18ClN3O. The number of rotatable bonds is 2. The molecule has 0 fully saturated rings. The summed E-state index contributed by atoms with van der Waals surface area (Å²) >= 11 is 6.19. The van der Waals surface area contributed by atoms with Gasteiger partial charge in [-0.3, -0.25) is 4.99 Å². The molecule has 1 aliphatic heterocycles. The van der Waals surface area contributed by atoms with Crippen LogP contribution in [0, 0.1) is 5.21 Å². The van der Waals surface area contributed by atoms with E-state index in [4.69, 9.17) is 17.3 Å². The third-order valence-electron chi connectivity index (χ3n) is 4.03. The minimum Gasteiger partial charge on any atom is -0.618 e. The van der Waals surface area contributed by atoms with Crippen LogP contribution in [0.3, 0.4) is 0 Å². The molecule has 3 rings (SSSR count). The number of aliphatic imine (C=N–C) groups is 1. The molecule has 0 saturated heterocycles. The lowest BCUT2D eigenvalue weighted by Gasteiger charge is -2.18. The summed E-state index contributed by atoms with van der Waals surface area (Å²) in [5, 5.41) is 13.8. The molecule has 2 aromatic carbocycles. The smallest absolute Gasteiger partial charge is 0.233 e. The molecule has 0 amide bonds. The van der Waals surface area contributed by atoms with Crippen molar-refractivity contribution in [2.24, 2.45) is 10.7 Å². The number of halogens is 1. The molecule has 0 aromatic heterocycles. The number of hydrogen-bond acceptors (Lipinski definition) is 3. The van der Waals surface area contributed by atoms with E-state index in [1.54, 1.807) is 12.1 Å². The van der Waals surface area contributed by atoms with Crippen LogP contribution in [-0.4, -0.2) is 16.2 Å². The topological polar surface area (TPSA) is 64.4 Å². The van der Waals surface area contributed by atoms with Gasteiger partial charge in [-0.15, -0.1) is 0 Å². The van der Waals surface area contributed by atoms with Gasteiger partial charge < -0.3 is 10.9 Å². The summed E-state index contributed by atoms with van der Waals surface area (Å²) < 4.78 is 0.915. The Kier molecular flexibility index (Phi) is 4.40. The van der Waals surface area contributed by atoms with Crippen molar-refractivity contribution in [3.63, 3.8) is 0 Å². The molecule has 2 aromatic rings. The molecule has 24 heavy (non-hydrogen) atoms. The number of hydroxylamine groups is 1. The lowest BCUT2D eigenvalue weighted by molar-refractivity contribution is -0.404. The highest BCUT2D eigenvalue weighted by molar-refractivity contribution is 6.31. The highest BCUT2D eigenvalue weighted by Gasteiger charge is 2.26. The Morgan fingerprint density at radius 1 is 1.17 bits per heavy atom. The van der Waals surface area contributed by atoms with Crippen LogP contribution in [-0.2, 0) is 0 Å². The van der Waals surface area contributed by atoms with Gasteiger partial charge in [-0.2, -0.15) is 4.74 Å². The molecule has 0 atom stereocenters. The van der Waals surface area contributed by atoms with Gasteiger partial charge in [0.1, 0.15) is 5.70 Å². The van der Waals surface area contributed by atoms with Gasteiger partial charge in [0.25, 0.3) is 0 Å². The van der Waals surface area contributed by atoms with Gasteiger partial charge in [-0.05, 0) is 37.3 Å². The number of nitrogens with zero attached hydrogens (tertiary/aromatic N) is 2. The van der Waals surface area contributed by atoms with E-state index in [1.165, 1.54) is 0 Å². The van der Waals surface area contributed by atoms with E-state index in [0.29, 0.717) is 45.5 Å². The van der Waals surface area contributed by atoms with Gasteiger partial charge in [-0.25, -0.2) is 0 Å². The molecule has 4 nitrogen and oxygen atoms in total. The number of benzene rings is 2.